The lowest BCUT2D eigenvalue weighted by Gasteiger charge is -2.27. The number of benzene rings is 10. The summed E-state index contributed by atoms with van der Waals surface area (Å²) >= 11 is 0. The highest BCUT2D eigenvalue weighted by molar-refractivity contribution is 6.21. The lowest BCUT2D eigenvalue weighted by molar-refractivity contribution is 0.670. The molecule has 0 spiro atoms. The zero-order valence-electron chi connectivity index (χ0n) is 31.7. The van der Waals surface area contributed by atoms with Gasteiger partial charge < -0.3 is 9.32 Å². The summed E-state index contributed by atoms with van der Waals surface area (Å²) in [6.07, 6.45) is 0. The molecule has 11 aromatic rings. The zero-order valence-corrected chi connectivity index (χ0v) is 31.7. The first kappa shape index (κ1) is 33.6. The molecule has 0 aliphatic heterocycles. The maximum atomic E-state index is 6.95. The highest BCUT2D eigenvalue weighted by Crippen LogP contribution is 2.48. The van der Waals surface area contributed by atoms with Crippen molar-refractivity contribution in [2.45, 2.75) is 0 Å². The number of hydrogen-bond acceptors (Lipinski definition) is 2. The van der Waals surface area contributed by atoms with Gasteiger partial charge in [0.1, 0.15) is 11.2 Å². The molecule has 0 saturated heterocycles. The molecule has 2 nitrogen and oxygen atoms in total. The average Bonchev–Trinajstić information content (AvgIpc) is 3.70. The Morgan fingerprint density at radius 1 is 0.310 bits per heavy atom. The van der Waals surface area contributed by atoms with E-state index in [1.165, 1.54) is 43.8 Å². The van der Waals surface area contributed by atoms with Crippen LogP contribution >= 0.6 is 0 Å². The van der Waals surface area contributed by atoms with E-state index >= 15 is 0 Å². The minimum atomic E-state index is 0.864. The molecule has 0 unspecified atom stereocenters. The number of anilines is 3. The largest absolute Gasteiger partial charge is 0.455 e. The lowest BCUT2D eigenvalue weighted by Crippen LogP contribution is -2.10. The minimum absolute atomic E-state index is 0.864. The van der Waals surface area contributed by atoms with E-state index in [0.717, 1.165) is 61.3 Å². The fraction of sp³-hybridized carbons (Fsp3) is 0. The zero-order chi connectivity index (χ0) is 38.4. The standard InChI is InChI=1S/C56H37NO/c1-3-15-38(16-4-1)41-20-13-21-42(35-41)40-29-31-45(32-30-40)57(46-23-14-22-43(36-46)39-17-5-2-6-18-39)53-34-33-50(56-55(53)51-27-11-12-28-54(51)58-56)52-37-44-19-7-8-24-47(44)48-25-9-10-26-49(48)52/h1-37H. The summed E-state index contributed by atoms with van der Waals surface area (Å²) in [5.41, 5.74) is 14.2. The van der Waals surface area contributed by atoms with Gasteiger partial charge in [-0.05, 0) is 115 Å². The van der Waals surface area contributed by atoms with Gasteiger partial charge in [0.25, 0.3) is 0 Å². The number of rotatable bonds is 7. The third-order valence-electron chi connectivity index (χ3n) is 11.4. The summed E-state index contributed by atoms with van der Waals surface area (Å²) < 4.78 is 6.95. The Hall–Kier alpha value is -7.68. The van der Waals surface area contributed by atoms with E-state index < -0.39 is 0 Å². The summed E-state index contributed by atoms with van der Waals surface area (Å²) in [7, 11) is 0. The van der Waals surface area contributed by atoms with Crippen LogP contribution in [0.5, 0.6) is 0 Å². The second kappa shape index (κ2) is 14.1. The van der Waals surface area contributed by atoms with E-state index in [1.807, 2.05) is 0 Å². The van der Waals surface area contributed by atoms with Crippen LogP contribution < -0.4 is 4.90 Å². The highest BCUT2D eigenvalue weighted by atomic mass is 16.3. The summed E-state index contributed by atoms with van der Waals surface area (Å²) in [5, 5.41) is 7.05. The van der Waals surface area contributed by atoms with Crippen molar-refractivity contribution in [2.24, 2.45) is 0 Å². The lowest BCUT2D eigenvalue weighted by atomic mass is 9.92. The van der Waals surface area contributed by atoms with E-state index in [0.29, 0.717) is 0 Å². The molecular weight excluding hydrogens is 703 g/mol. The predicted octanol–water partition coefficient (Wildman–Crippen LogP) is 16.0. The highest BCUT2D eigenvalue weighted by Gasteiger charge is 2.23. The molecule has 0 aliphatic rings. The van der Waals surface area contributed by atoms with Crippen LogP contribution in [0.4, 0.5) is 17.1 Å². The SMILES string of the molecule is c1ccc(-c2cccc(-c3ccc(N(c4cccc(-c5ccccc5)c4)c4ccc(-c5cc6ccccc6c6ccccc56)c5oc6ccccc6c45)cc3)c2)cc1. The fourth-order valence-electron chi connectivity index (χ4n) is 8.68. The first-order chi connectivity index (χ1) is 28.8. The minimum Gasteiger partial charge on any atom is -0.455 e. The Morgan fingerprint density at radius 3 is 1.59 bits per heavy atom. The van der Waals surface area contributed by atoms with Crippen LogP contribution in [0.25, 0.3) is 88.0 Å². The average molecular weight is 740 g/mol. The number of para-hydroxylation sites is 1. The van der Waals surface area contributed by atoms with E-state index in [9.17, 15) is 0 Å². The van der Waals surface area contributed by atoms with E-state index in [1.54, 1.807) is 0 Å². The van der Waals surface area contributed by atoms with Crippen LogP contribution in [0.1, 0.15) is 0 Å². The van der Waals surface area contributed by atoms with Gasteiger partial charge in [-0.25, -0.2) is 0 Å². The number of hydrogen-bond donors (Lipinski definition) is 0. The third-order valence-corrected chi connectivity index (χ3v) is 11.4. The third kappa shape index (κ3) is 5.82. The summed E-state index contributed by atoms with van der Waals surface area (Å²) in [6.45, 7) is 0. The second-order valence-corrected chi connectivity index (χ2v) is 14.9. The first-order valence-electron chi connectivity index (χ1n) is 19.8. The van der Waals surface area contributed by atoms with Crippen molar-refractivity contribution in [3.63, 3.8) is 0 Å². The molecule has 0 amide bonds. The molecule has 272 valence electrons. The summed E-state index contributed by atoms with van der Waals surface area (Å²) in [6, 6.07) is 80.5. The van der Waals surface area contributed by atoms with Gasteiger partial charge in [-0.15, -0.1) is 0 Å². The maximum absolute atomic E-state index is 6.95. The van der Waals surface area contributed by atoms with Gasteiger partial charge >= 0.3 is 0 Å². The molecule has 2 heteroatoms. The Balaban J connectivity index is 1.13. The van der Waals surface area contributed by atoms with Gasteiger partial charge in [0.2, 0.25) is 0 Å². The van der Waals surface area contributed by atoms with Crippen molar-refractivity contribution >= 4 is 60.5 Å². The molecule has 0 fully saturated rings. The molecule has 0 N–H and O–H groups in total. The van der Waals surface area contributed by atoms with Gasteiger partial charge in [0, 0.05) is 22.3 Å². The predicted molar refractivity (Wildman–Crippen MR) is 245 cm³/mol. The van der Waals surface area contributed by atoms with Crippen LogP contribution in [-0.4, -0.2) is 0 Å². The van der Waals surface area contributed by atoms with Gasteiger partial charge in [-0.3, -0.25) is 0 Å². The molecule has 0 aliphatic carbocycles. The molecule has 11 rings (SSSR count). The molecule has 0 radical (unpaired) electrons. The Bertz CT molecular complexity index is 3270. The van der Waals surface area contributed by atoms with Crippen molar-refractivity contribution < 1.29 is 4.42 Å². The molecule has 1 heterocycles. The van der Waals surface area contributed by atoms with Crippen molar-refractivity contribution in [3.05, 3.63) is 224 Å². The van der Waals surface area contributed by atoms with Crippen LogP contribution in [-0.2, 0) is 0 Å². The number of furan rings is 1. The summed E-state index contributed by atoms with van der Waals surface area (Å²) in [4.78, 5) is 2.39. The van der Waals surface area contributed by atoms with Crippen molar-refractivity contribution in [3.8, 4) is 44.5 Å². The van der Waals surface area contributed by atoms with Crippen LogP contribution in [0.2, 0.25) is 0 Å². The smallest absolute Gasteiger partial charge is 0.145 e. The molecule has 0 atom stereocenters. The van der Waals surface area contributed by atoms with E-state index in [2.05, 4.69) is 229 Å². The van der Waals surface area contributed by atoms with Crippen LogP contribution in [0.3, 0.4) is 0 Å². The normalized spacial score (nSPS) is 11.4. The first-order valence-corrected chi connectivity index (χ1v) is 19.8. The van der Waals surface area contributed by atoms with Gasteiger partial charge in [-0.1, -0.05) is 170 Å². The molecule has 10 aromatic carbocycles. The molecule has 58 heavy (non-hydrogen) atoms. The van der Waals surface area contributed by atoms with Gasteiger partial charge in [0.05, 0.1) is 11.1 Å². The van der Waals surface area contributed by atoms with Gasteiger partial charge in [-0.2, -0.15) is 0 Å². The topological polar surface area (TPSA) is 16.4 Å². The molecule has 0 bridgehead atoms. The van der Waals surface area contributed by atoms with E-state index in [-0.39, 0.29) is 0 Å². The van der Waals surface area contributed by atoms with Crippen LogP contribution in [0, 0.1) is 0 Å². The van der Waals surface area contributed by atoms with E-state index in [4.69, 9.17) is 4.42 Å². The molecular formula is C56H37NO. The summed E-state index contributed by atoms with van der Waals surface area (Å²) in [5.74, 6) is 0. The number of fused-ring (bicyclic) bond motifs is 6. The second-order valence-electron chi connectivity index (χ2n) is 14.9. The Kier molecular flexibility index (Phi) is 8.19. The quantitative estimate of drug-likeness (QED) is 0.151. The van der Waals surface area contributed by atoms with Gasteiger partial charge in [0.15, 0.2) is 0 Å². The van der Waals surface area contributed by atoms with Crippen molar-refractivity contribution in [1.82, 2.24) is 0 Å². The Morgan fingerprint density at radius 2 is 0.862 bits per heavy atom. The van der Waals surface area contributed by atoms with Crippen LogP contribution in [0.15, 0.2) is 229 Å². The molecule has 0 saturated carbocycles. The molecule has 1 aromatic heterocycles. The Labute approximate surface area is 337 Å². The fourth-order valence-corrected chi connectivity index (χ4v) is 8.68. The maximum Gasteiger partial charge on any atom is 0.145 e. The monoisotopic (exact) mass is 739 g/mol. The van der Waals surface area contributed by atoms with Crippen molar-refractivity contribution in [2.75, 3.05) is 4.90 Å². The van der Waals surface area contributed by atoms with Crippen molar-refractivity contribution in [1.29, 1.82) is 0 Å². The number of nitrogens with zero attached hydrogens (tertiary/aromatic N) is 1.